The van der Waals surface area contributed by atoms with Gasteiger partial charge in [-0.3, -0.25) is 9.59 Å². The third-order valence-electron chi connectivity index (χ3n) is 8.52. The Hall–Kier alpha value is -4.24. The molecule has 0 unspecified atom stereocenters. The lowest BCUT2D eigenvalue weighted by molar-refractivity contribution is -0.131. The molecule has 9 heteroatoms. The number of aromatic nitrogens is 2. The van der Waals surface area contributed by atoms with E-state index in [1.807, 2.05) is 24.7 Å². The topological polar surface area (TPSA) is 113 Å². The Balaban J connectivity index is 1.24. The standard InChI is InChI=1S/C32H32N4O4S/c1-36-26-17-22(10-13-24(26)28(21-5-2-3-6-21)29(36)25-18-41-19-33-25)30(39)35-32(15-4-16-32)31(40)34-23-11-7-20(8-12-23)9-14-27(37)38/h7-14,17-19,21H,2-6,15-16H2,1H3,(H,34,40)(H,35,39)(H,37,38)/b14-9+. The number of hydrogen-bond donors (Lipinski definition) is 3. The zero-order chi connectivity index (χ0) is 28.6. The maximum atomic E-state index is 13.5. The van der Waals surface area contributed by atoms with Crippen molar-refractivity contribution < 1.29 is 19.5 Å². The number of thiazole rings is 1. The molecule has 4 aromatic rings. The summed E-state index contributed by atoms with van der Waals surface area (Å²) < 4.78 is 2.16. The number of nitrogens with zero attached hydrogens (tertiary/aromatic N) is 2. The Morgan fingerprint density at radius 3 is 2.46 bits per heavy atom. The van der Waals surface area contributed by atoms with Crippen LogP contribution in [0.3, 0.4) is 0 Å². The molecule has 8 nitrogen and oxygen atoms in total. The van der Waals surface area contributed by atoms with E-state index in [1.165, 1.54) is 24.5 Å². The van der Waals surface area contributed by atoms with Crippen LogP contribution < -0.4 is 10.6 Å². The van der Waals surface area contributed by atoms with Crippen LogP contribution in [-0.4, -0.2) is 38.0 Å². The molecule has 2 aliphatic rings. The first kappa shape index (κ1) is 27.0. The fraction of sp³-hybridized carbons (Fsp3) is 0.312. The second-order valence-electron chi connectivity index (χ2n) is 11.0. The van der Waals surface area contributed by atoms with E-state index in [4.69, 9.17) is 5.11 Å². The normalized spacial score (nSPS) is 16.6. The summed E-state index contributed by atoms with van der Waals surface area (Å²) in [5.41, 5.74) is 7.13. The number of hydrogen-bond acceptors (Lipinski definition) is 5. The Bertz CT molecular complexity index is 1640. The fourth-order valence-corrected chi connectivity index (χ4v) is 6.73. The van der Waals surface area contributed by atoms with Crippen LogP contribution in [0.1, 0.15) is 72.3 Å². The number of amides is 2. The summed E-state index contributed by atoms with van der Waals surface area (Å²) >= 11 is 1.58. The van der Waals surface area contributed by atoms with Crippen LogP contribution in [0.5, 0.6) is 0 Å². The number of carboxylic acid groups (broad SMARTS) is 1. The molecule has 0 aliphatic heterocycles. The fourth-order valence-electron chi connectivity index (χ4n) is 6.20. The van der Waals surface area contributed by atoms with Crippen molar-refractivity contribution in [3.05, 3.63) is 76.1 Å². The second-order valence-corrected chi connectivity index (χ2v) is 11.8. The van der Waals surface area contributed by atoms with Gasteiger partial charge in [0.05, 0.1) is 16.9 Å². The first-order valence-electron chi connectivity index (χ1n) is 14.0. The Morgan fingerprint density at radius 1 is 1.07 bits per heavy atom. The van der Waals surface area contributed by atoms with Crippen LogP contribution in [0.2, 0.25) is 0 Å². The summed E-state index contributed by atoms with van der Waals surface area (Å²) in [7, 11) is 2.04. The van der Waals surface area contributed by atoms with Crippen LogP contribution in [-0.2, 0) is 16.6 Å². The lowest BCUT2D eigenvalue weighted by Crippen LogP contribution is -2.61. The van der Waals surface area contributed by atoms with Crippen molar-refractivity contribution in [3.8, 4) is 11.4 Å². The summed E-state index contributed by atoms with van der Waals surface area (Å²) in [6.07, 6.45) is 9.33. The predicted molar refractivity (Wildman–Crippen MR) is 161 cm³/mol. The summed E-state index contributed by atoms with van der Waals surface area (Å²) in [5.74, 6) is -1.06. The highest BCUT2D eigenvalue weighted by atomic mass is 32.1. The van der Waals surface area contributed by atoms with Gasteiger partial charge in [-0.15, -0.1) is 11.3 Å². The van der Waals surface area contributed by atoms with Gasteiger partial charge < -0.3 is 20.3 Å². The number of benzene rings is 2. The van der Waals surface area contributed by atoms with E-state index in [9.17, 15) is 14.4 Å². The summed E-state index contributed by atoms with van der Waals surface area (Å²) in [4.78, 5) is 42.3. The molecule has 2 saturated carbocycles. The molecule has 2 fully saturated rings. The minimum atomic E-state index is -1.02. The minimum Gasteiger partial charge on any atom is -0.478 e. The molecule has 0 saturated heterocycles. The van der Waals surface area contributed by atoms with Crippen LogP contribution in [0.25, 0.3) is 28.4 Å². The molecule has 6 rings (SSSR count). The summed E-state index contributed by atoms with van der Waals surface area (Å²) in [6.45, 7) is 0. The van der Waals surface area contributed by atoms with E-state index in [0.717, 1.165) is 47.6 Å². The number of fused-ring (bicyclic) bond motifs is 1. The largest absolute Gasteiger partial charge is 0.478 e. The molecule has 2 aromatic carbocycles. The highest BCUT2D eigenvalue weighted by Gasteiger charge is 2.45. The quantitative estimate of drug-likeness (QED) is 0.215. The van der Waals surface area contributed by atoms with E-state index >= 15 is 0 Å². The van der Waals surface area contributed by atoms with Crippen molar-refractivity contribution in [1.29, 1.82) is 0 Å². The highest BCUT2D eigenvalue weighted by molar-refractivity contribution is 7.07. The molecule has 2 aromatic heterocycles. The summed E-state index contributed by atoms with van der Waals surface area (Å²) in [6, 6.07) is 12.8. The molecular formula is C32H32N4O4S. The van der Waals surface area contributed by atoms with Crippen LogP contribution in [0.4, 0.5) is 5.69 Å². The van der Waals surface area contributed by atoms with E-state index in [0.29, 0.717) is 35.6 Å². The average Bonchev–Trinajstić information content (AvgIpc) is 3.71. The van der Waals surface area contributed by atoms with Gasteiger partial charge in [-0.2, -0.15) is 0 Å². The molecule has 2 aliphatic carbocycles. The van der Waals surface area contributed by atoms with Crippen molar-refractivity contribution in [1.82, 2.24) is 14.9 Å². The zero-order valence-corrected chi connectivity index (χ0v) is 23.7. The zero-order valence-electron chi connectivity index (χ0n) is 22.9. The van der Waals surface area contributed by atoms with Gasteiger partial charge in [0.1, 0.15) is 5.54 Å². The molecule has 0 spiro atoms. The van der Waals surface area contributed by atoms with Gasteiger partial charge in [0.25, 0.3) is 5.91 Å². The molecule has 3 N–H and O–H groups in total. The van der Waals surface area contributed by atoms with E-state index in [-0.39, 0.29) is 11.8 Å². The van der Waals surface area contributed by atoms with Crippen LogP contribution in [0.15, 0.2) is 59.4 Å². The van der Waals surface area contributed by atoms with Gasteiger partial charge in [-0.25, -0.2) is 9.78 Å². The molecule has 2 heterocycles. The van der Waals surface area contributed by atoms with Crippen molar-refractivity contribution in [2.45, 2.75) is 56.4 Å². The molecule has 0 bridgehead atoms. The number of rotatable bonds is 8. The maximum Gasteiger partial charge on any atom is 0.328 e. The Morgan fingerprint density at radius 2 is 1.83 bits per heavy atom. The monoisotopic (exact) mass is 568 g/mol. The molecule has 2 amide bonds. The van der Waals surface area contributed by atoms with Gasteiger partial charge in [-0.05, 0) is 79.5 Å². The number of carbonyl (C=O) groups excluding carboxylic acids is 2. The van der Waals surface area contributed by atoms with E-state index in [1.54, 1.807) is 35.6 Å². The van der Waals surface area contributed by atoms with Crippen LogP contribution >= 0.6 is 11.3 Å². The van der Waals surface area contributed by atoms with Gasteiger partial charge in [0.2, 0.25) is 5.91 Å². The minimum absolute atomic E-state index is 0.250. The smallest absolute Gasteiger partial charge is 0.328 e. The number of aryl methyl sites for hydroxylation is 1. The molecule has 0 radical (unpaired) electrons. The Kier molecular flexibility index (Phi) is 7.21. The molecular weight excluding hydrogens is 536 g/mol. The van der Waals surface area contributed by atoms with E-state index in [2.05, 4.69) is 31.6 Å². The Labute approximate surface area is 242 Å². The van der Waals surface area contributed by atoms with Gasteiger partial charge >= 0.3 is 5.97 Å². The number of carboxylic acids is 1. The third kappa shape index (κ3) is 5.17. The molecule has 210 valence electrons. The lowest BCUT2D eigenvalue weighted by Gasteiger charge is -2.40. The third-order valence-corrected chi connectivity index (χ3v) is 9.11. The SMILES string of the molecule is Cn1c(-c2cscn2)c(C2CCCC2)c2ccc(C(=O)NC3(C(=O)Nc4ccc(/C=C/C(=O)O)cc4)CCC3)cc21. The maximum absolute atomic E-state index is 13.5. The van der Waals surface area contributed by atoms with Gasteiger partial charge in [0, 0.05) is 40.7 Å². The first-order valence-corrected chi connectivity index (χ1v) is 14.9. The van der Waals surface area contributed by atoms with Crippen LogP contribution in [0, 0.1) is 0 Å². The molecule has 0 atom stereocenters. The highest BCUT2D eigenvalue weighted by Crippen LogP contribution is 2.44. The molecule has 41 heavy (non-hydrogen) atoms. The first-order chi connectivity index (χ1) is 19.8. The summed E-state index contributed by atoms with van der Waals surface area (Å²) in [5, 5.41) is 18.0. The number of anilines is 1. The van der Waals surface area contributed by atoms with Gasteiger partial charge in [-0.1, -0.05) is 31.0 Å². The van der Waals surface area contributed by atoms with Crippen molar-refractivity contribution in [3.63, 3.8) is 0 Å². The van der Waals surface area contributed by atoms with Crippen molar-refractivity contribution >= 4 is 51.8 Å². The van der Waals surface area contributed by atoms with E-state index < -0.39 is 11.5 Å². The second kappa shape index (κ2) is 11.0. The average molecular weight is 569 g/mol. The number of nitrogens with one attached hydrogen (secondary N) is 2. The lowest BCUT2D eigenvalue weighted by atomic mass is 9.75. The van der Waals surface area contributed by atoms with Crippen molar-refractivity contribution in [2.75, 3.05) is 5.32 Å². The number of carbonyl (C=O) groups is 3. The predicted octanol–water partition coefficient (Wildman–Crippen LogP) is 6.35. The number of aliphatic carboxylic acids is 1. The van der Waals surface area contributed by atoms with Gasteiger partial charge in [0.15, 0.2) is 0 Å². The van der Waals surface area contributed by atoms with Crippen molar-refractivity contribution in [2.24, 2.45) is 7.05 Å².